The first-order valence-corrected chi connectivity index (χ1v) is 8.46. The third-order valence-corrected chi connectivity index (χ3v) is 4.48. The molecule has 1 aliphatic rings. The second-order valence-corrected chi connectivity index (χ2v) is 6.15. The molecule has 2 amide bonds. The number of benzene rings is 2. The summed E-state index contributed by atoms with van der Waals surface area (Å²) in [5, 5.41) is 2.91. The first-order chi connectivity index (χ1) is 12.6. The number of amides is 2. The van der Waals surface area contributed by atoms with Crippen molar-refractivity contribution in [2.45, 2.75) is 13.0 Å². The number of ether oxygens (including phenoxy) is 2. The van der Waals surface area contributed by atoms with Crippen LogP contribution in [0.2, 0.25) is 0 Å². The van der Waals surface area contributed by atoms with Gasteiger partial charge in [0.1, 0.15) is 11.5 Å². The van der Waals surface area contributed by atoms with Crippen LogP contribution in [0.5, 0.6) is 11.5 Å². The van der Waals surface area contributed by atoms with Crippen LogP contribution in [0.25, 0.3) is 0 Å². The summed E-state index contributed by atoms with van der Waals surface area (Å²) >= 11 is 0. The van der Waals surface area contributed by atoms with Gasteiger partial charge < -0.3 is 19.7 Å². The lowest BCUT2D eigenvalue weighted by Crippen LogP contribution is -2.32. The van der Waals surface area contributed by atoms with E-state index in [2.05, 4.69) is 5.32 Å². The van der Waals surface area contributed by atoms with Crippen molar-refractivity contribution in [1.29, 1.82) is 0 Å². The summed E-state index contributed by atoms with van der Waals surface area (Å²) in [7, 11) is 3.12. The van der Waals surface area contributed by atoms with Crippen LogP contribution in [0.1, 0.15) is 12.0 Å². The Labute approximate surface area is 152 Å². The summed E-state index contributed by atoms with van der Waals surface area (Å²) in [6, 6.07) is 15.0. The number of anilines is 1. The van der Waals surface area contributed by atoms with Crippen LogP contribution < -0.4 is 19.7 Å². The molecule has 2 aromatic carbocycles. The highest BCUT2D eigenvalue weighted by Crippen LogP contribution is 2.35. The monoisotopic (exact) mass is 354 g/mol. The molecule has 1 fully saturated rings. The van der Waals surface area contributed by atoms with E-state index >= 15 is 0 Å². The molecule has 1 N–H and O–H groups in total. The number of methoxy groups -OCH3 is 2. The molecule has 0 saturated carbocycles. The normalized spacial score (nSPS) is 16.5. The molecule has 0 radical (unpaired) electrons. The second kappa shape index (κ2) is 7.91. The Morgan fingerprint density at radius 1 is 1.15 bits per heavy atom. The van der Waals surface area contributed by atoms with Gasteiger partial charge in [0.25, 0.3) is 0 Å². The van der Waals surface area contributed by atoms with E-state index in [9.17, 15) is 9.59 Å². The van der Waals surface area contributed by atoms with Crippen molar-refractivity contribution in [3.63, 3.8) is 0 Å². The first-order valence-electron chi connectivity index (χ1n) is 8.46. The van der Waals surface area contributed by atoms with Gasteiger partial charge in [0.05, 0.1) is 25.8 Å². The van der Waals surface area contributed by atoms with Gasteiger partial charge in [0.2, 0.25) is 11.8 Å². The van der Waals surface area contributed by atoms with Crippen LogP contribution in [0.15, 0.2) is 48.5 Å². The third-order valence-electron chi connectivity index (χ3n) is 4.48. The fourth-order valence-corrected chi connectivity index (χ4v) is 3.05. The van der Waals surface area contributed by atoms with Crippen LogP contribution in [0, 0.1) is 5.92 Å². The van der Waals surface area contributed by atoms with Crippen LogP contribution >= 0.6 is 0 Å². The summed E-state index contributed by atoms with van der Waals surface area (Å²) in [6.45, 7) is 0.790. The molecule has 1 unspecified atom stereocenters. The van der Waals surface area contributed by atoms with E-state index in [4.69, 9.17) is 9.47 Å². The molecule has 1 aliphatic heterocycles. The highest BCUT2D eigenvalue weighted by Gasteiger charge is 2.36. The molecule has 0 aromatic heterocycles. The molecular weight excluding hydrogens is 332 g/mol. The zero-order chi connectivity index (χ0) is 18.5. The van der Waals surface area contributed by atoms with E-state index in [1.165, 1.54) is 0 Å². The molecule has 136 valence electrons. The van der Waals surface area contributed by atoms with Gasteiger partial charge in [-0.2, -0.15) is 0 Å². The molecule has 3 rings (SSSR count). The van der Waals surface area contributed by atoms with Crippen molar-refractivity contribution in [2.24, 2.45) is 5.92 Å². The minimum Gasteiger partial charge on any atom is -0.497 e. The van der Waals surface area contributed by atoms with Crippen molar-refractivity contribution in [2.75, 3.05) is 25.7 Å². The standard InChI is InChI=1S/C20H22N2O4/c1-25-16-8-9-17(18(11-16)26-2)22-13-15(10-19(22)23)20(24)21-12-14-6-4-3-5-7-14/h3-9,11,15H,10,12-13H2,1-2H3,(H,21,24). The van der Waals surface area contributed by atoms with Gasteiger partial charge in [0.15, 0.2) is 0 Å². The molecule has 6 heteroatoms. The molecule has 0 aliphatic carbocycles. The molecule has 1 heterocycles. The van der Waals surface area contributed by atoms with Crippen molar-refractivity contribution < 1.29 is 19.1 Å². The van der Waals surface area contributed by atoms with Gasteiger partial charge >= 0.3 is 0 Å². The molecule has 0 bridgehead atoms. The predicted octanol–water partition coefficient (Wildman–Crippen LogP) is 2.37. The Bertz CT molecular complexity index is 792. The molecule has 26 heavy (non-hydrogen) atoms. The lowest BCUT2D eigenvalue weighted by Gasteiger charge is -2.20. The summed E-state index contributed by atoms with van der Waals surface area (Å²) in [6.07, 6.45) is 0.190. The quantitative estimate of drug-likeness (QED) is 0.865. The van der Waals surface area contributed by atoms with Crippen molar-refractivity contribution in [1.82, 2.24) is 5.32 Å². The number of nitrogens with one attached hydrogen (secondary N) is 1. The second-order valence-electron chi connectivity index (χ2n) is 6.15. The SMILES string of the molecule is COc1ccc(N2CC(C(=O)NCc3ccccc3)CC2=O)c(OC)c1. The Morgan fingerprint density at radius 2 is 1.92 bits per heavy atom. The van der Waals surface area contributed by atoms with Crippen molar-refractivity contribution >= 4 is 17.5 Å². The van der Waals surface area contributed by atoms with Gasteiger partial charge in [-0.05, 0) is 17.7 Å². The van der Waals surface area contributed by atoms with Gasteiger partial charge in [-0.15, -0.1) is 0 Å². The van der Waals surface area contributed by atoms with Gasteiger partial charge in [-0.1, -0.05) is 30.3 Å². The topological polar surface area (TPSA) is 67.9 Å². The predicted molar refractivity (Wildman–Crippen MR) is 98.3 cm³/mol. The van der Waals surface area contributed by atoms with E-state index in [-0.39, 0.29) is 24.2 Å². The fourth-order valence-electron chi connectivity index (χ4n) is 3.05. The highest BCUT2D eigenvalue weighted by atomic mass is 16.5. The smallest absolute Gasteiger partial charge is 0.227 e. The zero-order valence-corrected chi connectivity index (χ0v) is 14.9. The average molecular weight is 354 g/mol. The minimum atomic E-state index is -0.377. The summed E-state index contributed by atoms with van der Waals surface area (Å²) in [5.74, 6) is 0.612. The average Bonchev–Trinajstić information content (AvgIpc) is 3.08. The van der Waals surface area contributed by atoms with E-state index in [1.807, 2.05) is 30.3 Å². The maximum atomic E-state index is 12.5. The summed E-state index contributed by atoms with van der Waals surface area (Å²) < 4.78 is 10.6. The van der Waals surface area contributed by atoms with E-state index in [0.29, 0.717) is 30.3 Å². The summed E-state index contributed by atoms with van der Waals surface area (Å²) in [5.41, 5.74) is 1.68. The van der Waals surface area contributed by atoms with Gasteiger partial charge in [0, 0.05) is 25.6 Å². The van der Waals surface area contributed by atoms with E-state index in [1.54, 1.807) is 37.3 Å². The molecule has 1 saturated heterocycles. The largest absolute Gasteiger partial charge is 0.497 e. The maximum Gasteiger partial charge on any atom is 0.227 e. The van der Waals surface area contributed by atoms with E-state index in [0.717, 1.165) is 5.56 Å². The van der Waals surface area contributed by atoms with Gasteiger partial charge in [-0.25, -0.2) is 0 Å². The van der Waals surface area contributed by atoms with Crippen LogP contribution in [-0.2, 0) is 16.1 Å². The van der Waals surface area contributed by atoms with Crippen LogP contribution in [0.4, 0.5) is 5.69 Å². The zero-order valence-electron chi connectivity index (χ0n) is 14.9. The minimum absolute atomic E-state index is 0.0895. The van der Waals surface area contributed by atoms with Crippen molar-refractivity contribution in [3.05, 3.63) is 54.1 Å². The Balaban J connectivity index is 1.67. The number of nitrogens with zero attached hydrogens (tertiary/aromatic N) is 1. The molecule has 0 spiro atoms. The summed E-state index contributed by atoms with van der Waals surface area (Å²) in [4.78, 5) is 26.5. The number of hydrogen-bond acceptors (Lipinski definition) is 4. The Kier molecular flexibility index (Phi) is 5.41. The number of hydrogen-bond donors (Lipinski definition) is 1. The molecule has 1 atom stereocenters. The van der Waals surface area contributed by atoms with Crippen molar-refractivity contribution in [3.8, 4) is 11.5 Å². The van der Waals surface area contributed by atoms with Gasteiger partial charge in [-0.3, -0.25) is 9.59 Å². The maximum absolute atomic E-state index is 12.5. The molecule has 6 nitrogen and oxygen atoms in total. The third kappa shape index (κ3) is 3.79. The van der Waals surface area contributed by atoms with Crippen LogP contribution in [0.3, 0.4) is 0 Å². The molecular formula is C20H22N2O4. The fraction of sp³-hybridized carbons (Fsp3) is 0.300. The Hall–Kier alpha value is -3.02. The lowest BCUT2D eigenvalue weighted by molar-refractivity contribution is -0.126. The van der Waals surface area contributed by atoms with E-state index < -0.39 is 0 Å². The number of rotatable bonds is 6. The Morgan fingerprint density at radius 3 is 2.62 bits per heavy atom. The number of carbonyl (C=O) groups is 2. The number of carbonyl (C=O) groups excluding carboxylic acids is 2. The lowest BCUT2D eigenvalue weighted by atomic mass is 10.1. The highest BCUT2D eigenvalue weighted by molar-refractivity contribution is 6.01. The first kappa shape index (κ1) is 17.8. The van der Waals surface area contributed by atoms with Crippen LogP contribution in [-0.4, -0.2) is 32.6 Å². The molecule has 2 aromatic rings.